The van der Waals surface area contributed by atoms with E-state index in [1.807, 2.05) is 13.0 Å². The molecule has 2 aromatic carbocycles. The number of nitrogens with zero attached hydrogens (tertiary/aromatic N) is 1. The van der Waals surface area contributed by atoms with Gasteiger partial charge in [0.05, 0.1) is 9.95 Å². The van der Waals surface area contributed by atoms with Crippen molar-refractivity contribution in [3.8, 4) is 5.75 Å². The second kappa shape index (κ2) is 6.56. The molecular formula is C15H15ClN2O3. The van der Waals surface area contributed by atoms with Crippen LogP contribution in [0.15, 0.2) is 42.5 Å². The molecule has 1 atom stereocenters. The Balaban J connectivity index is 2.09. The standard InChI is InChI=1S/C15H15ClN2O3/c1-10(17)12-5-6-15(14(16)8-12)21-9-11-3-2-4-13(7-11)18(19)20/h2-8,10H,9,17H2,1H3. The lowest BCUT2D eigenvalue weighted by Gasteiger charge is -2.11. The summed E-state index contributed by atoms with van der Waals surface area (Å²) in [7, 11) is 0. The van der Waals surface area contributed by atoms with Crippen molar-refractivity contribution in [2.24, 2.45) is 5.73 Å². The van der Waals surface area contributed by atoms with E-state index in [0.29, 0.717) is 16.3 Å². The average Bonchev–Trinajstić information content (AvgIpc) is 2.46. The van der Waals surface area contributed by atoms with E-state index < -0.39 is 4.92 Å². The molecule has 5 nitrogen and oxygen atoms in total. The zero-order valence-electron chi connectivity index (χ0n) is 11.5. The molecule has 0 fully saturated rings. The van der Waals surface area contributed by atoms with E-state index in [2.05, 4.69) is 0 Å². The highest BCUT2D eigenvalue weighted by atomic mass is 35.5. The van der Waals surface area contributed by atoms with Crippen molar-refractivity contribution < 1.29 is 9.66 Å². The Morgan fingerprint density at radius 2 is 2.10 bits per heavy atom. The fourth-order valence-electron chi connectivity index (χ4n) is 1.84. The minimum absolute atomic E-state index is 0.0366. The number of non-ortho nitro benzene ring substituents is 1. The first-order valence-electron chi connectivity index (χ1n) is 6.38. The summed E-state index contributed by atoms with van der Waals surface area (Å²) in [6.45, 7) is 2.08. The van der Waals surface area contributed by atoms with Crippen molar-refractivity contribution in [3.05, 3.63) is 68.7 Å². The topological polar surface area (TPSA) is 78.4 Å². The van der Waals surface area contributed by atoms with Crippen LogP contribution < -0.4 is 10.5 Å². The summed E-state index contributed by atoms with van der Waals surface area (Å²) in [4.78, 5) is 10.3. The van der Waals surface area contributed by atoms with Crippen molar-refractivity contribution >= 4 is 17.3 Å². The Morgan fingerprint density at radius 3 is 2.71 bits per heavy atom. The van der Waals surface area contributed by atoms with E-state index in [4.69, 9.17) is 22.1 Å². The molecule has 0 aliphatic carbocycles. The predicted molar refractivity (Wildman–Crippen MR) is 81.5 cm³/mol. The van der Waals surface area contributed by atoms with E-state index in [9.17, 15) is 10.1 Å². The van der Waals surface area contributed by atoms with E-state index >= 15 is 0 Å². The van der Waals surface area contributed by atoms with Crippen LogP contribution in [0.5, 0.6) is 5.75 Å². The molecule has 0 bridgehead atoms. The molecule has 21 heavy (non-hydrogen) atoms. The van der Waals surface area contributed by atoms with Crippen LogP contribution in [0.2, 0.25) is 5.02 Å². The van der Waals surface area contributed by atoms with Crippen molar-refractivity contribution in [1.82, 2.24) is 0 Å². The molecule has 0 radical (unpaired) electrons. The van der Waals surface area contributed by atoms with Gasteiger partial charge in [0.2, 0.25) is 0 Å². The number of nitrogens with two attached hydrogens (primary N) is 1. The van der Waals surface area contributed by atoms with E-state index in [1.165, 1.54) is 12.1 Å². The fourth-order valence-corrected chi connectivity index (χ4v) is 2.08. The van der Waals surface area contributed by atoms with Gasteiger partial charge in [-0.25, -0.2) is 0 Å². The smallest absolute Gasteiger partial charge is 0.269 e. The van der Waals surface area contributed by atoms with Gasteiger partial charge < -0.3 is 10.5 Å². The van der Waals surface area contributed by atoms with Crippen LogP contribution in [0.1, 0.15) is 24.1 Å². The van der Waals surface area contributed by atoms with Crippen LogP contribution in [0.4, 0.5) is 5.69 Å². The Labute approximate surface area is 127 Å². The minimum Gasteiger partial charge on any atom is -0.487 e. The number of hydrogen-bond donors (Lipinski definition) is 1. The van der Waals surface area contributed by atoms with Gasteiger partial charge in [0.15, 0.2) is 0 Å². The molecule has 0 aromatic heterocycles. The highest BCUT2D eigenvalue weighted by Gasteiger charge is 2.08. The number of benzene rings is 2. The Kier molecular flexibility index (Phi) is 4.77. The number of halogens is 1. The molecule has 2 N–H and O–H groups in total. The summed E-state index contributed by atoms with van der Waals surface area (Å²) in [5, 5.41) is 11.2. The molecular weight excluding hydrogens is 292 g/mol. The third-order valence-electron chi connectivity index (χ3n) is 3.00. The summed E-state index contributed by atoms with van der Waals surface area (Å²) >= 11 is 6.13. The lowest BCUT2D eigenvalue weighted by Crippen LogP contribution is -2.05. The molecule has 2 rings (SSSR count). The van der Waals surface area contributed by atoms with Crippen LogP contribution in [0.3, 0.4) is 0 Å². The van der Waals surface area contributed by atoms with Gasteiger partial charge in [-0.1, -0.05) is 29.8 Å². The van der Waals surface area contributed by atoms with Gasteiger partial charge in [-0.15, -0.1) is 0 Å². The van der Waals surface area contributed by atoms with Gasteiger partial charge in [0.25, 0.3) is 5.69 Å². The number of nitro groups is 1. The van der Waals surface area contributed by atoms with Crippen LogP contribution >= 0.6 is 11.6 Å². The maximum Gasteiger partial charge on any atom is 0.269 e. The second-order valence-corrected chi connectivity index (χ2v) is 5.10. The summed E-state index contributed by atoms with van der Waals surface area (Å²) in [5.41, 5.74) is 7.44. The summed E-state index contributed by atoms with van der Waals surface area (Å²) < 4.78 is 5.60. The van der Waals surface area contributed by atoms with Gasteiger partial charge >= 0.3 is 0 Å². The first kappa shape index (κ1) is 15.3. The molecule has 0 spiro atoms. The number of nitro benzene ring substituents is 1. The molecule has 0 heterocycles. The number of hydrogen-bond acceptors (Lipinski definition) is 4. The zero-order valence-corrected chi connectivity index (χ0v) is 12.2. The van der Waals surface area contributed by atoms with Crippen molar-refractivity contribution in [3.63, 3.8) is 0 Å². The largest absolute Gasteiger partial charge is 0.487 e. The third-order valence-corrected chi connectivity index (χ3v) is 3.29. The second-order valence-electron chi connectivity index (χ2n) is 4.69. The van der Waals surface area contributed by atoms with E-state index in [1.54, 1.807) is 24.3 Å². The monoisotopic (exact) mass is 306 g/mol. The molecule has 0 saturated carbocycles. The third kappa shape index (κ3) is 3.93. The van der Waals surface area contributed by atoms with Gasteiger partial charge in [0, 0.05) is 18.2 Å². The van der Waals surface area contributed by atoms with E-state index in [-0.39, 0.29) is 18.3 Å². The average molecular weight is 307 g/mol. The minimum atomic E-state index is -0.437. The van der Waals surface area contributed by atoms with Gasteiger partial charge in [-0.2, -0.15) is 0 Å². The highest BCUT2D eigenvalue weighted by Crippen LogP contribution is 2.28. The van der Waals surface area contributed by atoms with Crippen molar-refractivity contribution in [1.29, 1.82) is 0 Å². The van der Waals surface area contributed by atoms with Crippen molar-refractivity contribution in [2.45, 2.75) is 19.6 Å². The summed E-state index contributed by atoms with van der Waals surface area (Å²) in [6.07, 6.45) is 0. The number of ether oxygens (including phenoxy) is 1. The first-order chi connectivity index (χ1) is 9.97. The van der Waals surface area contributed by atoms with Crippen LogP contribution in [0.25, 0.3) is 0 Å². The molecule has 0 aliphatic heterocycles. The normalized spacial score (nSPS) is 12.0. The molecule has 6 heteroatoms. The Morgan fingerprint density at radius 1 is 1.33 bits per heavy atom. The molecule has 1 unspecified atom stereocenters. The van der Waals surface area contributed by atoms with Crippen molar-refractivity contribution in [2.75, 3.05) is 0 Å². The van der Waals surface area contributed by atoms with Gasteiger partial charge in [-0.05, 0) is 30.2 Å². The summed E-state index contributed by atoms with van der Waals surface area (Å²) in [5.74, 6) is 0.521. The highest BCUT2D eigenvalue weighted by molar-refractivity contribution is 6.32. The quantitative estimate of drug-likeness (QED) is 0.672. The molecule has 0 aliphatic rings. The summed E-state index contributed by atoms with van der Waals surface area (Å²) in [6, 6.07) is 11.5. The molecule has 110 valence electrons. The lowest BCUT2D eigenvalue weighted by molar-refractivity contribution is -0.384. The van der Waals surface area contributed by atoms with Gasteiger partial charge in [0.1, 0.15) is 12.4 Å². The Hall–Kier alpha value is -2.11. The maximum absolute atomic E-state index is 10.7. The van der Waals surface area contributed by atoms with Crippen LogP contribution in [-0.2, 0) is 6.61 Å². The lowest BCUT2D eigenvalue weighted by atomic mass is 10.1. The molecule has 2 aromatic rings. The zero-order chi connectivity index (χ0) is 15.4. The SMILES string of the molecule is CC(N)c1ccc(OCc2cccc([N+](=O)[O-])c2)c(Cl)c1. The predicted octanol–water partition coefficient (Wildman–Crippen LogP) is 3.85. The maximum atomic E-state index is 10.7. The Bertz CT molecular complexity index is 659. The van der Waals surface area contributed by atoms with Gasteiger partial charge in [-0.3, -0.25) is 10.1 Å². The first-order valence-corrected chi connectivity index (χ1v) is 6.76. The number of rotatable bonds is 5. The van der Waals surface area contributed by atoms with Crippen LogP contribution in [-0.4, -0.2) is 4.92 Å². The van der Waals surface area contributed by atoms with Crippen LogP contribution in [0, 0.1) is 10.1 Å². The fraction of sp³-hybridized carbons (Fsp3) is 0.200. The van der Waals surface area contributed by atoms with E-state index in [0.717, 1.165) is 5.56 Å². The molecule has 0 saturated heterocycles. The molecule has 0 amide bonds.